The molecule has 0 atom stereocenters. The fraction of sp³-hybridized carbons (Fsp3) is 0.412. The van der Waals surface area contributed by atoms with Crippen LogP contribution in [0.4, 0.5) is 0 Å². The molecule has 0 N–H and O–H groups in total. The Morgan fingerprint density at radius 3 is 2.82 bits per heavy atom. The van der Waals surface area contributed by atoms with Crippen LogP contribution in [0.15, 0.2) is 29.3 Å². The van der Waals surface area contributed by atoms with E-state index < -0.39 is 0 Å². The second-order valence-corrected chi connectivity index (χ2v) is 6.53. The number of fused-ring (bicyclic) bond motifs is 1. The van der Waals surface area contributed by atoms with Gasteiger partial charge < -0.3 is 9.64 Å². The number of morpholine rings is 1. The Labute approximate surface area is 134 Å². The summed E-state index contributed by atoms with van der Waals surface area (Å²) in [5.41, 5.74) is 3.40. The number of aromatic nitrogens is 1. The topological polar surface area (TPSA) is 42.4 Å². The monoisotopic (exact) mass is 316 g/mol. The van der Waals surface area contributed by atoms with Crippen LogP contribution in [0.5, 0.6) is 0 Å². The lowest BCUT2D eigenvalue weighted by Crippen LogP contribution is -2.41. The zero-order chi connectivity index (χ0) is 15.5. The highest BCUT2D eigenvalue weighted by atomic mass is 32.2. The minimum Gasteiger partial charge on any atom is -0.378 e. The van der Waals surface area contributed by atoms with Crippen molar-refractivity contribution in [3.8, 4) is 0 Å². The molecule has 0 aliphatic carbocycles. The van der Waals surface area contributed by atoms with Gasteiger partial charge in [-0.1, -0.05) is 30.0 Å². The molecule has 22 heavy (non-hydrogen) atoms. The lowest BCUT2D eigenvalue weighted by atomic mass is 10.1. The van der Waals surface area contributed by atoms with Gasteiger partial charge in [0.1, 0.15) is 0 Å². The Hall–Kier alpha value is -1.59. The molecule has 2 heterocycles. The predicted molar refractivity (Wildman–Crippen MR) is 89.3 cm³/mol. The maximum Gasteiger partial charge on any atom is 0.233 e. The number of benzene rings is 1. The van der Waals surface area contributed by atoms with E-state index in [1.165, 1.54) is 28.3 Å². The lowest BCUT2D eigenvalue weighted by Gasteiger charge is -2.26. The van der Waals surface area contributed by atoms with Crippen LogP contribution in [-0.2, 0) is 9.53 Å². The van der Waals surface area contributed by atoms with Crippen LogP contribution >= 0.6 is 11.8 Å². The first-order valence-electron chi connectivity index (χ1n) is 7.50. The molecule has 5 heteroatoms. The van der Waals surface area contributed by atoms with E-state index in [-0.39, 0.29) is 5.91 Å². The number of thioether (sulfide) groups is 1. The Kier molecular flexibility index (Phi) is 4.64. The van der Waals surface area contributed by atoms with Crippen LogP contribution in [0.3, 0.4) is 0 Å². The summed E-state index contributed by atoms with van der Waals surface area (Å²) in [7, 11) is 0. The first-order valence-corrected chi connectivity index (χ1v) is 8.49. The Morgan fingerprint density at radius 1 is 1.27 bits per heavy atom. The molecule has 0 unspecified atom stereocenters. The summed E-state index contributed by atoms with van der Waals surface area (Å²) in [5.74, 6) is 0.599. The van der Waals surface area contributed by atoms with E-state index in [1.807, 2.05) is 4.90 Å². The molecule has 1 aliphatic rings. The third kappa shape index (κ3) is 3.25. The van der Waals surface area contributed by atoms with Gasteiger partial charge in [-0.2, -0.15) is 0 Å². The van der Waals surface area contributed by atoms with Crippen LogP contribution in [0.25, 0.3) is 10.9 Å². The summed E-state index contributed by atoms with van der Waals surface area (Å²) in [6.45, 7) is 6.84. The van der Waals surface area contributed by atoms with E-state index in [4.69, 9.17) is 9.72 Å². The maximum atomic E-state index is 12.2. The Morgan fingerprint density at radius 2 is 2.05 bits per heavy atom. The summed E-state index contributed by atoms with van der Waals surface area (Å²) in [4.78, 5) is 18.8. The van der Waals surface area contributed by atoms with Crippen molar-refractivity contribution in [2.75, 3.05) is 32.1 Å². The average Bonchev–Trinajstić information content (AvgIpc) is 2.54. The predicted octanol–water partition coefficient (Wildman–Crippen LogP) is 2.80. The molecule has 0 spiro atoms. The molecule has 1 aromatic heterocycles. The van der Waals surface area contributed by atoms with Crippen molar-refractivity contribution in [2.24, 2.45) is 0 Å². The number of carbonyl (C=O) groups is 1. The summed E-state index contributed by atoms with van der Waals surface area (Å²) >= 11 is 1.52. The minimum atomic E-state index is 0.164. The zero-order valence-corrected chi connectivity index (χ0v) is 13.8. The number of carbonyl (C=O) groups excluding carboxylic acids is 1. The molecule has 1 aromatic carbocycles. The van der Waals surface area contributed by atoms with Crippen molar-refractivity contribution >= 4 is 28.6 Å². The molecule has 0 saturated carbocycles. The van der Waals surface area contributed by atoms with Gasteiger partial charge >= 0.3 is 0 Å². The first kappa shape index (κ1) is 15.3. The van der Waals surface area contributed by atoms with Gasteiger partial charge in [-0.05, 0) is 31.0 Å². The van der Waals surface area contributed by atoms with E-state index in [1.54, 1.807) is 0 Å². The van der Waals surface area contributed by atoms with Gasteiger partial charge in [-0.25, -0.2) is 4.98 Å². The van der Waals surface area contributed by atoms with E-state index in [0.717, 1.165) is 10.5 Å². The van der Waals surface area contributed by atoms with Crippen LogP contribution in [0.2, 0.25) is 0 Å². The summed E-state index contributed by atoms with van der Waals surface area (Å²) in [6, 6.07) is 8.29. The smallest absolute Gasteiger partial charge is 0.233 e. The molecule has 3 rings (SSSR count). The van der Waals surface area contributed by atoms with Crippen LogP contribution < -0.4 is 0 Å². The molecule has 1 amide bonds. The number of nitrogens with zero attached hydrogens (tertiary/aromatic N) is 2. The molecule has 0 bridgehead atoms. The SMILES string of the molecule is Cc1cc(SCC(=O)N2CCOCC2)nc2c(C)cccc12. The highest BCUT2D eigenvalue weighted by molar-refractivity contribution is 7.99. The molecular formula is C17H20N2O2S. The lowest BCUT2D eigenvalue weighted by molar-refractivity contribution is -0.132. The molecular weight excluding hydrogens is 296 g/mol. The number of amides is 1. The first-order chi connectivity index (χ1) is 10.6. The third-order valence-corrected chi connectivity index (χ3v) is 4.83. The Bertz CT molecular complexity index is 696. The van der Waals surface area contributed by atoms with Gasteiger partial charge in [0.05, 0.1) is 29.5 Å². The van der Waals surface area contributed by atoms with E-state index in [9.17, 15) is 4.79 Å². The van der Waals surface area contributed by atoms with Crippen molar-refractivity contribution in [3.63, 3.8) is 0 Å². The van der Waals surface area contributed by atoms with Crippen LogP contribution in [-0.4, -0.2) is 47.8 Å². The van der Waals surface area contributed by atoms with Gasteiger partial charge in [0.2, 0.25) is 5.91 Å². The normalized spacial score (nSPS) is 15.3. The van der Waals surface area contributed by atoms with Crippen molar-refractivity contribution in [2.45, 2.75) is 18.9 Å². The molecule has 116 valence electrons. The average molecular weight is 316 g/mol. The number of ether oxygens (including phenoxy) is 1. The maximum absolute atomic E-state index is 12.2. The van der Waals surface area contributed by atoms with Gasteiger partial charge in [0, 0.05) is 18.5 Å². The van der Waals surface area contributed by atoms with Gasteiger partial charge in [-0.15, -0.1) is 0 Å². The largest absolute Gasteiger partial charge is 0.378 e. The number of aryl methyl sites for hydroxylation is 2. The van der Waals surface area contributed by atoms with Gasteiger partial charge in [-0.3, -0.25) is 4.79 Å². The van der Waals surface area contributed by atoms with Crippen LogP contribution in [0, 0.1) is 13.8 Å². The second-order valence-electron chi connectivity index (χ2n) is 5.53. The standard InChI is InChI=1S/C17H20N2O2S/c1-12-4-3-5-14-13(2)10-15(18-17(12)14)22-11-16(20)19-6-8-21-9-7-19/h3-5,10H,6-9,11H2,1-2H3. The van der Waals surface area contributed by atoms with Crippen molar-refractivity contribution in [3.05, 3.63) is 35.4 Å². The fourth-order valence-corrected chi connectivity index (χ4v) is 3.51. The van der Waals surface area contributed by atoms with E-state index >= 15 is 0 Å². The minimum absolute atomic E-state index is 0.164. The van der Waals surface area contributed by atoms with Crippen molar-refractivity contribution in [1.82, 2.24) is 9.88 Å². The van der Waals surface area contributed by atoms with Crippen molar-refractivity contribution in [1.29, 1.82) is 0 Å². The van der Waals surface area contributed by atoms with E-state index in [2.05, 4.69) is 38.1 Å². The summed E-state index contributed by atoms with van der Waals surface area (Å²) in [5, 5.41) is 2.10. The zero-order valence-electron chi connectivity index (χ0n) is 13.0. The molecule has 1 aliphatic heterocycles. The molecule has 4 nitrogen and oxygen atoms in total. The highest BCUT2D eigenvalue weighted by Gasteiger charge is 2.17. The highest BCUT2D eigenvalue weighted by Crippen LogP contribution is 2.25. The van der Waals surface area contributed by atoms with Gasteiger partial charge in [0.25, 0.3) is 0 Å². The number of hydrogen-bond donors (Lipinski definition) is 0. The molecule has 1 saturated heterocycles. The quantitative estimate of drug-likeness (QED) is 0.817. The number of rotatable bonds is 3. The van der Waals surface area contributed by atoms with E-state index in [0.29, 0.717) is 32.1 Å². The Balaban J connectivity index is 1.74. The molecule has 1 fully saturated rings. The summed E-state index contributed by atoms with van der Waals surface area (Å²) in [6.07, 6.45) is 0. The third-order valence-electron chi connectivity index (χ3n) is 3.93. The van der Waals surface area contributed by atoms with Crippen molar-refractivity contribution < 1.29 is 9.53 Å². The van der Waals surface area contributed by atoms with Crippen LogP contribution in [0.1, 0.15) is 11.1 Å². The molecule has 0 radical (unpaired) electrons. The fourth-order valence-electron chi connectivity index (χ4n) is 2.64. The number of para-hydroxylation sites is 1. The summed E-state index contributed by atoms with van der Waals surface area (Å²) < 4.78 is 5.28. The van der Waals surface area contributed by atoms with Gasteiger partial charge in [0.15, 0.2) is 0 Å². The number of hydrogen-bond acceptors (Lipinski definition) is 4. The number of pyridine rings is 1. The molecule has 2 aromatic rings. The second kappa shape index (κ2) is 6.67.